The van der Waals surface area contributed by atoms with Gasteiger partial charge in [-0.3, -0.25) is 9.59 Å². The third-order valence-electron chi connectivity index (χ3n) is 5.91. The van der Waals surface area contributed by atoms with E-state index in [1.165, 1.54) is 6.07 Å². The molecule has 2 N–H and O–H groups in total. The Hall–Kier alpha value is -4.52. The first kappa shape index (κ1) is 25.6. The number of carbonyl (C=O) groups is 2. The number of rotatable bonds is 9. The Balaban J connectivity index is 1.42. The molecule has 0 radical (unpaired) electrons. The van der Waals surface area contributed by atoms with Gasteiger partial charge in [-0.2, -0.15) is 0 Å². The second-order valence-electron chi connectivity index (χ2n) is 8.46. The van der Waals surface area contributed by atoms with Crippen LogP contribution in [0.25, 0.3) is 11.1 Å². The van der Waals surface area contributed by atoms with Crippen LogP contribution in [0.15, 0.2) is 91.0 Å². The van der Waals surface area contributed by atoms with E-state index in [-0.39, 0.29) is 30.3 Å². The Labute approximate surface area is 214 Å². The number of hydrogen-bond acceptors (Lipinski definition) is 3. The monoisotopic (exact) mass is 500 g/mol. The van der Waals surface area contributed by atoms with Crippen LogP contribution in [0.2, 0.25) is 0 Å². The van der Waals surface area contributed by atoms with Gasteiger partial charge in [0.2, 0.25) is 5.91 Å². The fourth-order valence-corrected chi connectivity index (χ4v) is 3.91. The molecule has 0 heterocycles. The molecule has 4 rings (SSSR count). The molecular weight excluding hydrogens is 474 g/mol. The molecule has 0 aliphatic carbocycles. The van der Waals surface area contributed by atoms with Gasteiger partial charge in [0.15, 0.2) is 0 Å². The van der Waals surface area contributed by atoms with E-state index in [2.05, 4.69) is 10.6 Å². The van der Waals surface area contributed by atoms with Crippen LogP contribution < -0.4 is 15.4 Å². The molecule has 0 saturated heterocycles. The molecule has 0 aromatic heterocycles. The van der Waals surface area contributed by atoms with Gasteiger partial charge < -0.3 is 15.4 Å². The number of ether oxygens (including phenoxy) is 1. The second-order valence-corrected chi connectivity index (χ2v) is 8.46. The zero-order chi connectivity index (χ0) is 26.2. The molecule has 0 bridgehead atoms. The Morgan fingerprint density at radius 3 is 2.30 bits per heavy atom. The van der Waals surface area contributed by atoms with Gasteiger partial charge in [-0.05, 0) is 52.6 Å². The minimum absolute atomic E-state index is 0.0635. The summed E-state index contributed by atoms with van der Waals surface area (Å²) in [5, 5.41) is 5.63. The van der Waals surface area contributed by atoms with Gasteiger partial charge in [-0.25, -0.2) is 8.78 Å². The summed E-state index contributed by atoms with van der Waals surface area (Å²) in [6.45, 7) is 0.261. The largest absolute Gasteiger partial charge is 0.497 e. The third kappa shape index (κ3) is 6.79. The third-order valence-corrected chi connectivity index (χ3v) is 5.91. The van der Waals surface area contributed by atoms with Crippen LogP contribution in [-0.4, -0.2) is 18.9 Å². The molecule has 4 aromatic carbocycles. The smallest absolute Gasteiger partial charge is 0.251 e. The van der Waals surface area contributed by atoms with Crippen molar-refractivity contribution in [2.45, 2.75) is 19.5 Å². The molecule has 0 aliphatic rings. The van der Waals surface area contributed by atoms with Gasteiger partial charge in [0.05, 0.1) is 13.5 Å². The molecule has 0 saturated carbocycles. The Morgan fingerprint density at radius 2 is 1.54 bits per heavy atom. The minimum atomic E-state index is -0.711. The maximum atomic E-state index is 13.9. The van der Waals surface area contributed by atoms with Crippen LogP contribution >= 0.6 is 0 Å². The van der Waals surface area contributed by atoms with Crippen LogP contribution in [0.3, 0.4) is 0 Å². The highest BCUT2D eigenvalue weighted by molar-refractivity contribution is 5.95. The predicted octanol–water partition coefficient (Wildman–Crippen LogP) is 5.43. The lowest BCUT2D eigenvalue weighted by molar-refractivity contribution is -0.120. The van der Waals surface area contributed by atoms with Crippen molar-refractivity contribution in [2.24, 2.45) is 0 Å². The highest BCUT2D eigenvalue weighted by atomic mass is 19.1. The van der Waals surface area contributed by atoms with Crippen LogP contribution in [0.1, 0.15) is 27.0 Å². The van der Waals surface area contributed by atoms with E-state index in [9.17, 15) is 18.4 Å². The summed E-state index contributed by atoms with van der Waals surface area (Å²) in [4.78, 5) is 25.2. The van der Waals surface area contributed by atoms with Crippen LogP contribution in [0.5, 0.6) is 5.75 Å². The topological polar surface area (TPSA) is 67.4 Å². The first-order valence-electron chi connectivity index (χ1n) is 11.7. The molecular formula is C30H26F2N2O3. The van der Waals surface area contributed by atoms with Gasteiger partial charge in [0.25, 0.3) is 5.91 Å². The lowest BCUT2D eigenvalue weighted by Gasteiger charge is -2.13. The van der Waals surface area contributed by atoms with Gasteiger partial charge in [0.1, 0.15) is 17.4 Å². The van der Waals surface area contributed by atoms with Crippen molar-refractivity contribution in [3.8, 4) is 16.9 Å². The highest BCUT2D eigenvalue weighted by Crippen LogP contribution is 2.25. The molecule has 5 nitrogen and oxygen atoms in total. The van der Waals surface area contributed by atoms with E-state index in [0.29, 0.717) is 12.1 Å². The standard InChI is InChI=1S/C30H26F2N2O3/c1-37-26-13-9-20(10-14-26)15-29(35)33-18-23-5-2-3-8-27(23)21-6-4-7-22(16-21)30(36)34-19-24-11-12-25(31)17-28(24)32/h2-14,16-17H,15,18-19H2,1H3,(H,33,35)(H,34,36). The lowest BCUT2D eigenvalue weighted by atomic mass is 9.97. The van der Waals surface area contributed by atoms with Gasteiger partial charge in [0, 0.05) is 30.3 Å². The van der Waals surface area contributed by atoms with Crippen LogP contribution in [0.4, 0.5) is 8.78 Å². The van der Waals surface area contributed by atoms with Crippen LogP contribution in [0, 0.1) is 11.6 Å². The van der Waals surface area contributed by atoms with Gasteiger partial charge in [-0.15, -0.1) is 0 Å². The molecule has 0 unspecified atom stereocenters. The van der Waals surface area contributed by atoms with Crippen molar-refractivity contribution in [3.63, 3.8) is 0 Å². The molecule has 0 spiro atoms. The van der Waals surface area contributed by atoms with Crippen molar-refractivity contribution >= 4 is 11.8 Å². The van der Waals surface area contributed by atoms with Crippen molar-refractivity contribution in [2.75, 3.05) is 7.11 Å². The summed E-state index contributed by atoms with van der Waals surface area (Å²) in [5.41, 5.74) is 4.06. The summed E-state index contributed by atoms with van der Waals surface area (Å²) in [5.74, 6) is -1.14. The molecule has 4 aromatic rings. The number of carbonyl (C=O) groups excluding carboxylic acids is 2. The summed E-state index contributed by atoms with van der Waals surface area (Å²) >= 11 is 0. The average Bonchev–Trinajstić information content (AvgIpc) is 2.92. The van der Waals surface area contributed by atoms with Crippen molar-refractivity contribution in [3.05, 3.63) is 125 Å². The zero-order valence-electron chi connectivity index (χ0n) is 20.3. The lowest BCUT2D eigenvalue weighted by Crippen LogP contribution is -2.25. The fraction of sp³-hybridized carbons (Fsp3) is 0.133. The Morgan fingerprint density at radius 1 is 0.784 bits per heavy atom. The normalized spacial score (nSPS) is 10.6. The van der Waals surface area contributed by atoms with E-state index >= 15 is 0 Å². The maximum absolute atomic E-state index is 13.9. The number of nitrogens with one attached hydrogen (secondary N) is 2. The summed E-state index contributed by atoms with van der Waals surface area (Å²) in [6, 6.07) is 25.3. The number of halogens is 2. The molecule has 0 aliphatic heterocycles. The molecule has 0 atom stereocenters. The van der Waals surface area contributed by atoms with Gasteiger partial charge in [-0.1, -0.05) is 54.6 Å². The van der Waals surface area contributed by atoms with Crippen molar-refractivity contribution < 1.29 is 23.1 Å². The maximum Gasteiger partial charge on any atom is 0.251 e. The summed E-state index contributed by atoms with van der Waals surface area (Å²) < 4.78 is 32.2. The van der Waals surface area contributed by atoms with E-state index < -0.39 is 11.6 Å². The Kier molecular flexibility index (Phi) is 8.26. The second kappa shape index (κ2) is 11.9. The molecule has 188 valence electrons. The summed E-state index contributed by atoms with van der Waals surface area (Å²) in [7, 11) is 1.59. The van der Waals surface area contributed by atoms with Gasteiger partial charge >= 0.3 is 0 Å². The molecule has 7 heteroatoms. The minimum Gasteiger partial charge on any atom is -0.497 e. The quantitative estimate of drug-likeness (QED) is 0.322. The zero-order valence-corrected chi connectivity index (χ0v) is 20.3. The average molecular weight is 501 g/mol. The van der Waals surface area contributed by atoms with E-state index in [0.717, 1.165) is 40.1 Å². The SMILES string of the molecule is COc1ccc(CC(=O)NCc2ccccc2-c2cccc(C(=O)NCc3ccc(F)cc3F)c2)cc1. The molecule has 37 heavy (non-hydrogen) atoms. The number of hydrogen-bond donors (Lipinski definition) is 2. The summed E-state index contributed by atoms with van der Waals surface area (Å²) in [6.07, 6.45) is 0.246. The van der Waals surface area contributed by atoms with E-state index in [1.54, 1.807) is 25.3 Å². The van der Waals surface area contributed by atoms with Crippen molar-refractivity contribution in [1.82, 2.24) is 10.6 Å². The van der Waals surface area contributed by atoms with E-state index in [1.807, 2.05) is 54.6 Å². The number of benzene rings is 4. The first-order chi connectivity index (χ1) is 17.9. The first-order valence-corrected chi connectivity index (χ1v) is 11.7. The van der Waals surface area contributed by atoms with Crippen molar-refractivity contribution in [1.29, 1.82) is 0 Å². The predicted molar refractivity (Wildman–Crippen MR) is 138 cm³/mol. The molecule has 2 amide bonds. The fourth-order valence-electron chi connectivity index (χ4n) is 3.91. The number of methoxy groups -OCH3 is 1. The highest BCUT2D eigenvalue weighted by Gasteiger charge is 2.12. The molecule has 0 fully saturated rings. The van der Waals surface area contributed by atoms with Crippen LogP contribution in [-0.2, 0) is 24.3 Å². The Bertz CT molecular complexity index is 1400. The van der Waals surface area contributed by atoms with E-state index in [4.69, 9.17) is 4.74 Å². The number of amides is 2.